The summed E-state index contributed by atoms with van der Waals surface area (Å²) >= 11 is 0. The van der Waals surface area contributed by atoms with E-state index in [2.05, 4.69) is 46.6 Å². The molecule has 0 unspecified atom stereocenters. The molecule has 23 heavy (non-hydrogen) atoms. The van der Waals surface area contributed by atoms with E-state index < -0.39 is 0 Å². The summed E-state index contributed by atoms with van der Waals surface area (Å²) in [6.45, 7) is 18.7. The van der Waals surface area contributed by atoms with Crippen molar-refractivity contribution in [3.05, 3.63) is 60.3 Å². The first kappa shape index (κ1) is 21.3. The lowest BCUT2D eigenvalue weighted by Gasteiger charge is -2.11. The average Bonchev–Trinajstić information content (AvgIpc) is 2.54. The van der Waals surface area contributed by atoms with Crippen molar-refractivity contribution in [2.45, 2.75) is 59.0 Å². The normalized spacial score (nSPS) is 12.8. The van der Waals surface area contributed by atoms with Crippen LogP contribution < -0.4 is 0 Å². The fourth-order valence-electron chi connectivity index (χ4n) is 2.17. The lowest BCUT2D eigenvalue weighted by molar-refractivity contribution is 0.0758. The third kappa shape index (κ3) is 9.85. The molecule has 0 fully saturated rings. The van der Waals surface area contributed by atoms with E-state index in [4.69, 9.17) is 10.1 Å². The Labute approximate surface area is 142 Å². The molecular weight excluding hydrogens is 282 g/mol. The molecule has 0 aromatic heterocycles. The Hall–Kier alpha value is -1.67. The van der Waals surface area contributed by atoms with Crippen LogP contribution in [-0.4, -0.2) is 18.9 Å². The van der Waals surface area contributed by atoms with Crippen LogP contribution >= 0.6 is 0 Å². The first-order chi connectivity index (χ1) is 11.0. The maximum Gasteiger partial charge on any atom is 0.0518 e. The summed E-state index contributed by atoms with van der Waals surface area (Å²) in [6, 6.07) is 0. The highest BCUT2D eigenvalue weighted by Crippen LogP contribution is 2.21. The third-order valence-electron chi connectivity index (χ3n) is 3.65. The second kappa shape index (κ2) is 12.8. The lowest BCUT2D eigenvalue weighted by atomic mass is 9.96. The van der Waals surface area contributed by atoms with E-state index in [1.54, 1.807) is 0 Å². The van der Waals surface area contributed by atoms with Crippen LogP contribution in [0.1, 0.15) is 52.9 Å². The van der Waals surface area contributed by atoms with E-state index in [9.17, 15) is 0 Å². The highest BCUT2D eigenvalue weighted by atomic mass is 16.5. The van der Waals surface area contributed by atoms with Crippen LogP contribution in [0.15, 0.2) is 60.3 Å². The molecule has 0 amide bonds. The smallest absolute Gasteiger partial charge is 0.0518 e. The van der Waals surface area contributed by atoms with Crippen LogP contribution in [0.25, 0.3) is 0 Å². The number of ether oxygens (including phenoxy) is 1. The van der Waals surface area contributed by atoms with Gasteiger partial charge in [-0.3, -0.25) is 0 Å². The zero-order valence-electron chi connectivity index (χ0n) is 15.2. The van der Waals surface area contributed by atoms with Gasteiger partial charge in [0.25, 0.3) is 0 Å². The predicted molar refractivity (Wildman–Crippen MR) is 103 cm³/mol. The van der Waals surface area contributed by atoms with Gasteiger partial charge in [-0.2, -0.15) is 0 Å². The standard InChI is InChI=1S/C21H33NO/c1-7-12-20(19(6)16-22)15-21(18(5)8-2)13-10-9-11-14-23-17(3)4/h7-8,15-17,22H,1-2,6,9-14H2,3-5H3/b20-15-,21-18-,22-16?. The molecule has 0 aromatic carbocycles. The molecule has 1 N–H and O–H groups in total. The molecular formula is C21H33NO. The molecule has 128 valence electrons. The molecule has 0 radical (unpaired) electrons. The molecule has 0 atom stereocenters. The van der Waals surface area contributed by atoms with Gasteiger partial charge in [0.2, 0.25) is 0 Å². The Morgan fingerprint density at radius 1 is 1.17 bits per heavy atom. The summed E-state index contributed by atoms with van der Waals surface area (Å²) < 4.78 is 5.57. The van der Waals surface area contributed by atoms with Crippen molar-refractivity contribution in [3.8, 4) is 0 Å². The molecule has 0 spiro atoms. The second-order valence-corrected chi connectivity index (χ2v) is 5.97. The van der Waals surface area contributed by atoms with Crippen molar-refractivity contribution in [2.75, 3.05) is 6.61 Å². The minimum atomic E-state index is 0.310. The van der Waals surface area contributed by atoms with Gasteiger partial charge in [-0.05, 0) is 68.7 Å². The summed E-state index contributed by atoms with van der Waals surface area (Å²) in [7, 11) is 0. The van der Waals surface area contributed by atoms with Crippen LogP contribution in [0.4, 0.5) is 0 Å². The highest BCUT2D eigenvalue weighted by Gasteiger charge is 2.04. The fourth-order valence-corrected chi connectivity index (χ4v) is 2.17. The van der Waals surface area contributed by atoms with Gasteiger partial charge in [0.15, 0.2) is 0 Å². The van der Waals surface area contributed by atoms with Gasteiger partial charge in [0, 0.05) is 12.8 Å². The minimum absolute atomic E-state index is 0.310. The molecule has 0 rings (SSSR count). The number of unbranched alkanes of at least 4 members (excludes halogenated alkanes) is 2. The molecule has 0 aliphatic rings. The van der Waals surface area contributed by atoms with Crippen molar-refractivity contribution in [2.24, 2.45) is 0 Å². The van der Waals surface area contributed by atoms with Gasteiger partial charge < -0.3 is 10.1 Å². The summed E-state index contributed by atoms with van der Waals surface area (Å²) in [5, 5.41) is 7.41. The largest absolute Gasteiger partial charge is 0.379 e. The molecule has 0 aliphatic carbocycles. The quantitative estimate of drug-likeness (QED) is 0.187. The maximum absolute atomic E-state index is 7.41. The van der Waals surface area contributed by atoms with E-state index >= 15 is 0 Å². The molecule has 0 saturated carbocycles. The Morgan fingerprint density at radius 2 is 1.87 bits per heavy atom. The Balaban J connectivity index is 4.77. The first-order valence-corrected chi connectivity index (χ1v) is 8.41. The molecule has 0 heterocycles. The van der Waals surface area contributed by atoms with Gasteiger partial charge in [-0.15, -0.1) is 6.58 Å². The average molecular weight is 316 g/mol. The maximum atomic E-state index is 7.41. The molecule has 2 nitrogen and oxygen atoms in total. The number of allylic oxidation sites excluding steroid dienone is 7. The molecule has 0 aliphatic heterocycles. The van der Waals surface area contributed by atoms with Crippen molar-refractivity contribution >= 4 is 6.21 Å². The number of hydrogen-bond donors (Lipinski definition) is 1. The fraction of sp³-hybridized carbons (Fsp3) is 0.476. The molecule has 2 heteroatoms. The van der Waals surface area contributed by atoms with Crippen molar-refractivity contribution in [1.82, 2.24) is 0 Å². The van der Waals surface area contributed by atoms with Crippen LogP contribution in [0.2, 0.25) is 0 Å². The van der Waals surface area contributed by atoms with E-state index in [1.165, 1.54) is 17.4 Å². The zero-order valence-corrected chi connectivity index (χ0v) is 15.2. The van der Waals surface area contributed by atoms with Gasteiger partial charge in [-0.1, -0.05) is 37.8 Å². The molecule has 0 aromatic rings. The monoisotopic (exact) mass is 315 g/mol. The van der Waals surface area contributed by atoms with Gasteiger partial charge in [-0.25, -0.2) is 0 Å². The van der Waals surface area contributed by atoms with Crippen molar-refractivity contribution < 1.29 is 4.74 Å². The van der Waals surface area contributed by atoms with Gasteiger partial charge in [0.05, 0.1) is 6.10 Å². The van der Waals surface area contributed by atoms with E-state index in [0.29, 0.717) is 6.10 Å². The predicted octanol–water partition coefficient (Wildman–Crippen LogP) is 6.18. The van der Waals surface area contributed by atoms with Crippen LogP contribution in [0, 0.1) is 5.41 Å². The number of hydrogen-bond acceptors (Lipinski definition) is 2. The summed E-state index contributed by atoms with van der Waals surface area (Å²) in [5.74, 6) is 0. The van der Waals surface area contributed by atoms with Gasteiger partial charge >= 0.3 is 0 Å². The lowest BCUT2D eigenvalue weighted by Crippen LogP contribution is -2.03. The first-order valence-electron chi connectivity index (χ1n) is 8.41. The number of nitrogens with one attached hydrogen (secondary N) is 1. The Morgan fingerprint density at radius 3 is 2.39 bits per heavy atom. The molecule has 0 saturated heterocycles. The summed E-state index contributed by atoms with van der Waals surface area (Å²) in [4.78, 5) is 0. The summed E-state index contributed by atoms with van der Waals surface area (Å²) in [6.07, 6.45) is 12.6. The molecule has 0 bridgehead atoms. The SMILES string of the molecule is C=CC/C(=C/C(CCCCCOC(C)C)=C(/C)C=C)C(=C)C=N. The highest BCUT2D eigenvalue weighted by molar-refractivity contribution is 5.81. The summed E-state index contributed by atoms with van der Waals surface area (Å²) in [5.41, 5.74) is 4.24. The topological polar surface area (TPSA) is 33.1 Å². The van der Waals surface area contributed by atoms with Crippen LogP contribution in [0.5, 0.6) is 0 Å². The van der Waals surface area contributed by atoms with Crippen LogP contribution in [-0.2, 0) is 4.74 Å². The van der Waals surface area contributed by atoms with Crippen molar-refractivity contribution in [3.63, 3.8) is 0 Å². The Kier molecular flexibility index (Phi) is 11.9. The van der Waals surface area contributed by atoms with Gasteiger partial charge in [0.1, 0.15) is 0 Å². The second-order valence-electron chi connectivity index (χ2n) is 5.97. The van der Waals surface area contributed by atoms with E-state index in [-0.39, 0.29) is 0 Å². The van der Waals surface area contributed by atoms with E-state index in [0.717, 1.165) is 49.9 Å². The Bertz CT molecular complexity index is 466. The minimum Gasteiger partial charge on any atom is -0.379 e. The third-order valence-corrected chi connectivity index (χ3v) is 3.65. The van der Waals surface area contributed by atoms with Crippen LogP contribution in [0.3, 0.4) is 0 Å². The zero-order chi connectivity index (χ0) is 17.7. The van der Waals surface area contributed by atoms with Crippen molar-refractivity contribution in [1.29, 1.82) is 5.41 Å². The number of rotatable bonds is 13. The van der Waals surface area contributed by atoms with E-state index in [1.807, 2.05) is 12.2 Å².